The molecule has 3 N–H and O–H groups in total. The molecule has 1 aliphatic carbocycles. The van der Waals surface area contributed by atoms with Crippen molar-refractivity contribution in [3.05, 3.63) is 60.2 Å². The van der Waals surface area contributed by atoms with Crippen molar-refractivity contribution < 1.29 is 24.9 Å². The Labute approximate surface area is 185 Å². The minimum absolute atomic E-state index is 0.00777. The van der Waals surface area contributed by atoms with Crippen LogP contribution in [-0.2, 0) is 9.59 Å². The molecule has 1 saturated carbocycles. The first-order valence-corrected chi connectivity index (χ1v) is 11.4. The van der Waals surface area contributed by atoms with Crippen LogP contribution in [0.25, 0.3) is 0 Å². The number of allylic oxidation sites excluding steroid dienone is 3. The molecule has 5 atom stereocenters. The Morgan fingerprint density at radius 3 is 2.65 bits per heavy atom. The number of carboxylic acids is 1. The van der Waals surface area contributed by atoms with E-state index in [2.05, 4.69) is 19.1 Å². The van der Waals surface area contributed by atoms with Crippen molar-refractivity contribution in [3.8, 4) is 0 Å². The van der Waals surface area contributed by atoms with Gasteiger partial charge in [0.15, 0.2) is 0 Å². The van der Waals surface area contributed by atoms with Crippen molar-refractivity contribution in [2.75, 3.05) is 0 Å². The van der Waals surface area contributed by atoms with Crippen molar-refractivity contribution >= 4 is 11.8 Å². The van der Waals surface area contributed by atoms with Crippen molar-refractivity contribution in [1.29, 1.82) is 0 Å². The molecule has 31 heavy (non-hydrogen) atoms. The van der Waals surface area contributed by atoms with Gasteiger partial charge in [0.25, 0.3) is 0 Å². The van der Waals surface area contributed by atoms with Crippen LogP contribution < -0.4 is 0 Å². The fourth-order valence-electron chi connectivity index (χ4n) is 4.38. The normalized spacial score (nSPS) is 23.6. The number of hydrogen-bond donors (Lipinski definition) is 3. The van der Waals surface area contributed by atoms with Gasteiger partial charge in [0.1, 0.15) is 5.78 Å². The molecule has 0 radical (unpaired) electrons. The molecule has 0 amide bonds. The number of unbranched alkanes of at least 4 members (excludes halogenated alkanes) is 1. The lowest BCUT2D eigenvalue weighted by Gasteiger charge is -2.20. The van der Waals surface area contributed by atoms with E-state index in [0.717, 1.165) is 12.8 Å². The molecule has 2 rings (SSSR count). The number of aliphatic carboxylic acids is 1. The summed E-state index contributed by atoms with van der Waals surface area (Å²) in [5.74, 6) is -1.13. The number of aliphatic hydroxyl groups is 2. The van der Waals surface area contributed by atoms with E-state index in [1.54, 1.807) is 12.2 Å². The van der Waals surface area contributed by atoms with E-state index in [1.165, 1.54) is 5.56 Å². The van der Waals surface area contributed by atoms with Gasteiger partial charge in [-0.2, -0.15) is 0 Å². The number of carbonyl (C=O) groups excluding carboxylic acids is 1. The summed E-state index contributed by atoms with van der Waals surface area (Å²) in [6, 6.07) is 10.2. The molecule has 1 aliphatic rings. The van der Waals surface area contributed by atoms with Gasteiger partial charge in [0, 0.05) is 24.7 Å². The van der Waals surface area contributed by atoms with E-state index in [1.807, 2.05) is 30.4 Å². The zero-order valence-electron chi connectivity index (χ0n) is 18.4. The second-order valence-electron chi connectivity index (χ2n) is 8.50. The molecule has 1 aromatic rings. The third kappa shape index (κ3) is 8.42. The fourth-order valence-corrected chi connectivity index (χ4v) is 4.38. The van der Waals surface area contributed by atoms with Crippen molar-refractivity contribution in [2.24, 2.45) is 11.8 Å². The van der Waals surface area contributed by atoms with Crippen LogP contribution in [0.15, 0.2) is 54.6 Å². The summed E-state index contributed by atoms with van der Waals surface area (Å²) in [5, 5.41) is 29.6. The zero-order chi connectivity index (χ0) is 22.6. The molecule has 170 valence electrons. The summed E-state index contributed by atoms with van der Waals surface area (Å²) >= 11 is 0. The smallest absolute Gasteiger partial charge is 0.303 e. The van der Waals surface area contributed by atoms with E-state index in [-0.39, 0.29) is 30.5 Å². The summed E-state index contributed by atoms with van der Waals surface area (Å²) in [5.41, 5.74) is 1.22. The minimum Gasteiger partial charge on any atom is -0.481 e. The van der Waals surface area contributed by atoms with Gasteiger partial charge in [0.05, 0.1) is 12.2 Å². The van der Waals surface area contributed by atoms with Crippen LogP contribution in [0.3, 0.4) is 0 Å². The lowest BCUT2D eigenvalue weighted by Crippen LogP contribution is -2.19. The van der Waals surface area contributed by atoms with Crippen LogP contribution in [0.2, 0.25) is 0 Å². The molecule has 0 aliphatic heterocycles. The quantitative estimate of drug-likeness (QED) is 0.314. The molecule has 0 aromatic heterocycles. The van der Waals surface area contributed by atoms with Gasteiger partial charge < -0.3 is 15.3 Å². The Hall–Kier alpha value is -2.24. The molecule has 0 bridgehead atoms. The predicted molar refractivity (Wildman–Crippen MR) is 122 cm³/mol. The highest BCUT2D eigenvalue weighted by Gasteiger charge is 2.39. The van der Waals surface area contributed by atoms with Gasteiger partial charge in [-0.3, -0.25) is 9.59 Å². The average molecular weight is 429 g/mol. The number of rotatable bonds is 13. The second kappa shape index (κ2) is 13.2. The highest BCUT2D eigenvalue weighted by molar-refractivity contribution is 5.86. The van der Waals surface area contributed by atoms with E-state index in [4.69, 9.17) is 5.11 Å². The summed E-state index contributed by atoms with van der Waals surface area (Å²) in [4.78, 5) is 22.9. The van der Waals surface area contributed by atoms with Crippen LogP contribution in [0, 0.1) is 11.8 Å². The third-order valence-corrected chi connectivity index (χ3v) is 6.05. The van der Waals surface area contributed by atoms with Gasteiger partial charge in [-0.15, -0.1) is 0 Å². The summed E-state index contributed by atoms with van der Waals surface area (Å²) in [7, 11) is 0. The fraction of sp³-hybridized carbons (Fsp3) is 0.538. The molecule has 0 heterocycles. The maximum Gasteiger partial charge on any atom is 0.303 e. The highest BCUT2D eigenvalue weighted by atomic mass is 16.4. The number of carboxylic acid groups (broad SMARTS) is 1. The van der Waals surface area contributed by atoms with Gasteiger partial charge in [-0.1, -0.05) is 68.0 Å². The Bertz CT molecular complexity index is 739. The highest BCUT2D eigenvalue weighted by Crippen LogP contribution is 2.34. The molecule has 1 aromatic carbocycles. The van der Waals surface area contributed by atoms with Gasteiger partial charge in [-0.25, -0.2) is 0 Å². The topological polar surface area (TPSA) is 94.8 Å². The molecule has 0 saturated heterocycles. The standard InChI is InChI=1S/C26H36O5/c1-2-10-20(19-11-6-5-7-12-19)17-21(27)15-16-23-22(24(28)18-25(23)29)13-8-3-4-9-14-26(30)31/h3,5-8,11-12,15-16,20-24,27-28H,2,4,9-10,13-14,17-18H2,1H3,(H,30,31). The second-order valence-corrected chi connectivity index (χ2v) is 8.50. The van der Waals surface area contributed by atoms with Crippen LogP contribution in [0.5, 0.6) is 0 Å². The molecular formula is C26H36O5. The lowest BCUT2D eigenvalue weighted by atomic mass is 9.87. The number of benzene rings is 1. The minimum atomic E-state index is -0.803. The molecule has 5 unspecified atom stereocenters. The Kier molecular flexibility index (Phi) is 10.7. The third-order valence-electron chi connectivity index (χ3n) is 6.05. The van der Waals surface area contributed by atoms with Gasteiger partial charge in [0.2, 0.25) is 0 Å². The van der Waals surface area contributed by atoms with Crippen molar-refractivity contribution in [3.63, 3.8) is 0 Å². The maximum absolute atomic E-state index is 12.4. The first kappa shape index (κ1) is 25.0. The Morgan fingerprint density at radius 1 is 1.23 bits per heavy atom. The predicted octanol–water partition coefficient (Wildman–Crippen LogP) is 4.64. The average Bonchev–Trinajstić information content (AvgIpc) is 3.01. The number of carbonyl (C=O) groups is 2. The number of Topliss-reactive ketones (excluding diaryl/α,β-unsaturated/α-hetero) is 1. The van der Waals surface area contributed by atoms with Gasteiger partial charge >= 0.3 is 5.97 Å². The number of ketones is 1. The number of hydrogen-bond acceptors (Lipinski definition) is 4. The number of aliphatic hydroxyl groups excluding tert-OH is 2. The molecule has 0 spiro atoms. The van der Waals surface area contributed by atoms with Crippen LogP contribution in [0.4, 0.5) is 0 Å². The van der Waals surface area contributed by atoms with Crippen LogP contribution in [0.1, 0.15) is 69.8 Å². The maximum atomic E-state index is 12.4. The van der Waals surface area contributed by atoms with E-state index < -0.39 is 24.1 Å². The molecule has 5 heteroatoms. The zero-order valence-corrected chi connectivity index (χ0v) is 18.4. The molecular weight excluding hydrogens is 392 g/mol. The monoisotopic (exact) mass is 428 g/mol. The Balaban J connectivity index is 1.93. The van der Waals surface area contributed by atoms with Crippen molar-refractivity contribution in [1.82, 2.24) is 0 Å². The van der Waals surface area contributed by atoms with Crippen LogP contribution in [-0.4, -0.2) is 39.3 Å². The van der Waals surface area contributed by atoms with E-state index in [0.29, 0.717) is 25.7 Å². The van der Waals surface area contributed by atoms with E-state index in [9.17, 15) is 19.8 Å². The molecule has 5 nitrogen and oxygen atoms in total. The SMILES string of the molecule is CCCC(CC(O)C=CC1C(=O)CC(O)C1CC=CCCCC(=O)O)c1ccccc1. The Morgan fingerprint density at radius 2 is 1.97 bits per heavy atom. The first-order valence-electron chi connectivity index (χ1n) is 11.4. The summed E-state index contributed by atoms with van der Waals surface area (Å²) in [6.07, 6.45) is 10.7. The van der Waals surface area contributed by atoms with E-state index >= 15 is 0 Å². The summed E-state index contributed by atoms with van der Waals surface area (Å²) in [6.45, 7) is 2.14. The van der Waals surface area contributed by atoms with Crippen LogP contribution >= 0.6 is 0 Å². The lowest BCUT2D eigenvalue weighted by molar-refractivity contribution is -0.137. The largest absolute Gasteiger partial charge is 0.481 e. The summed E-state index contributed by atoms with van der Waals surface area (Å²) < 4.78 is 0. The molecule has 1 fully saturated rings. The first-order chi connectivity index (χ1) is 14.9. The van der Waals surface area contributed by atoms with Crippen molar-refractivity contribution in [2.45, 2.75) is 76.4 Å². The van der Waals surface area contributed by atoms with Gasteiger partial charge in [-0.05, 0) is 43.6 Å².